The fourth-order valence-electron chi connectivity index (χ4n) is 4.21. The molecule has 8 nitrogen and oxygen atoms in total. The number of hydrogen-bond donors (Lipinski definition) is 1. The van der Waals surface area contributed by atoms with E-state index in [0.29, 0.717) is 28.1 Å². The van der Waals surface area contributed by atoms with Crippen molar-refractivity contribution < 1.29 is 14.0 Å². The van der Waals surface area contributed by atoms with Gasteiger partial charge in [0.05, 0.1) is 18.2 Å². The quantitative estimate of drug-likeness (QED) is 0.463. The molecule has 0 fully saturated rings. The lowest BCUT2D eigenvalue weighted by molar-refractivity contribution is -0.115. The van der Waals surface area contributed by atoms with Crippen molar-refractivity contribution in [3.63, 3.8) is 0 Å². The first-order valence-electron chi connectivity index (χ1n) is 10.6. The van der Waals surface area contributed by atoms with Crippen LogP contribution in [0.2, 0.25) is 0 Å². The maximum atomic E-state index is 13.2. The first-order chi connectivity index (χ1) is 15.4. The van der Waals surface area contributed by atoms with Crippen molar-refractivity contribution in [3.8, 4) is 0 Å². The highest BCUT2D eigenvalue weighted by molar-refractivity contribution is 7.17. The van der Waals surface area contributed by atoms with Crippen LogP contribution in [0, 0.1) is 19.8 Å². The van der Waals surface area contributed by atoms with Gasteiger partial charge in [0.15, 0.2) is 11.6 Å². The summed E-state index contributed by atoms with van der Waals surface area (Å²) < 4.78 is 6.99. The number of thiophene rings is 1. The Balaban J connectivity index is 1.44. The normalized spacial score (nSPS) is 15.7. The average molecular weight is 450 g/mol. The maximum Gasteiger partial charge on any atom is 0.252 e. The fourth-order valence-corrected chi connectivity index (χ4v) is 5.63. The molecule has 1 unspecified atom stereocenters. The van der Waals surface area contributed by atoms with E-state index in [1.165, 1.54) is 17.6 Å². The molecule has 1 aliphatic carbocycles. The molecule has 1 aliphatic rings. The molecule has 0 aromatic carbocycles. The van der Waals surface area contributed by atoms with Crippen LogP contribution < -0.4 is 5.32 Å². The second-order valence-electron chi connectivity index (χ2n) is 8.37. The Morgan fingerprint density at radius 3 is 2.94 bits per heavy atom. The minimum Gasteiger partial charge on any atom is -0.461 e. The van der Waals surface area contributed by atoms with E-state index in [1.54, 1.807) is 16.6 Å². The van der Waals surface area contributed by atoms with E-state index in [0.717, 1.165) is 41.1 Å². The van der Waals surface area contributed by atoms with Gasteiger partial charge < -0.3 is 9.73 Å². The van der Waals surface area contributed by atoms with Crippen molar-refractivity contribution in [2.24, 2.45) is 5.92 Å². The minimum atomic E-state index is -0.268. The third-order valence-electron chi connectivity index (χ3n) is 5.72. The molecule has 32 heavy (non-hydrogen) atoms. The first-order valence-corrected chi connectivity index (χ1v) is 11.4. The molecule has 4 aromatic heterocycles. The van der Waals surface area contributed by atoms with Crippen LogP contribution in [-0.2, 0) is 24.1 Å². The molecule has 9 heteroatoms. The number of fused-ring (bicyclic) bond motifs is 2. The van der Waals surface area contributed by atoms with Crippen LogP contribution in [0.1, 0.15) is 57.1 Å². The number of furan rings is 1. The van der Waals surface area contributed by atoms with E-state index >= 15 is 0 Å². The van der Waals surface area contributed by atoms with Crippen LogP contribution >= 0.6 is 11.3 Å². The Labute approximate surface area is 188 Å². The molecule has 0 spiro atoms. The highest BCUT2D eigenvalue weighted by Crippen LogP contribution is 2.40. The van der Waals surface area contributed by atoms with Crippen LogP contribution in [0.15, 0.2) is 28.9 Å². The molecule has 1 atom stereocenters. The van der Waals surface area contributed by atoms with Gasteiger partial charge in [0.25, 0.3) is 5.78 Å². The van der Waals surface area contributed by atoms with Crippen molar-refractivity contribution in [3.05, 3.63) is 63.4 Å². The van der Waals surface area contributed by atoms with E-state index in [9.17, 15) is 9.59 Å². The number of ketones is 1. The number of aryl methyl sites for hydroxylation is 2. The third-order valence-corrected chi connectivity index (χ3v) is 6.89. The number of amides is 1. The van der Waals surface area contributed by atoms with E-state index < -0.39 is 0 Å². The van der Waals surface area contributed by atoms with E-state index in [4.69, 9.17) is 4.42 Å². The van der Waals surface area contributed by atoms with Gasteiger partial charge in [0.1, 0.15) is 5.00 Å². The van der Waals surface area contributed by atoms with Gasteiger partial charge in [-0.3, -0.25) is 9.59 Å². The van der Waals surface area contributed by atoms with Gasteiger partial charge in [-0.2, -0.15) is 4.98 Å². The highest BCUT2D eigenvalue weighted by Gasteiger charge is 2.30. The molecule has 0 saturated heterocycles. The molecule has 0 aliphatic heterocycles. The molecule has 1 N–H and O–H groups in total. The van der Waals surface area contributed by atoms with E-state index in [1.807, 2.05) is 19.9 Å². The summed E-state index contributed by atoms with van der Waals surface area (Å²) in [6, 6.07) is 5.26. The Hall–Kier alpha value is -3.33. The molecular weight excluding hydrogens is 426 g/mol. The number of anilines is 1. The van der Waals surface area contributed by atoms with Gasteiger partial charge >= 0.3 is 0 Å². The molecule has 0 bridgehead atoms. The summed E-state index contributed by atoms with van der Waals surface area (Å²) in [6.45, 7) is 6.02. The van der Waals surface area contributed by atoms with Crippen LogP contribution in [0.25, 0.3) is 5.78 Å². The Bertz CT molecular complexity index is 1340. The zero-order valence-corrected chi connectivity index (χ0v) is 19.0. The highest BCUT2D eigenvalue weighted by atomic mass is 32.1. The summed E-state index contributed by atoms with van der Waals surface area (Å²) in [5.74, 6) is 1.22. The van der Waals surface area contributed by atoms with Crippen LogP contribution in [0.5, 0.6) is 0 Å². The summed E-state index contributed by atoms with van der Waals surface area (Å²) in [7, 11) is 0. The van der Waals surface area contributed by atoms with Gasteiger partial charge in [-0.05, 0) is 62.8 Å². The SMILES string of the molecule is Cc1cc(C)n2nc(CC(=O)Nc3sc4c(c3C(=O)c3ccco3)CCC(C)C4)nc2n1. The van der Waals surface area contributed by atoms with Gasteiger partial charge in [-0.15, -0.1) is 16.4 Å². The standard InChI is InChI=1S/C23H23N5O3S/c1-12-6-7-15-17(9-12)32-22(20(15)21(30)16-5-4-8-31-16)26-19(29)11-18-25-23-24-13(2)10-14(3)28(23)27-18/h4-5,8,10,12H,6-7,9,11H2,1-3H3,(H,26,29). The zero-order valence-electron chi connectivity index (χ0n) is 18.1. The number of carbonyl (C=O) groups is 2. The van der Waals surface area contributed by atoms with Crippen molar-refractivity contribution in [1.82, 2.24) is 19.6 Å². The van der Waals surface area contributed by atoms with Crippen molar-refractivity contribution >= 4 is 33.8 Å². The molecule has 4 aromatic rings. The number of nitrogens with one attached hydrogen (secondary N) is 1. The number of rotatable bonds is 5. The summed E-state index contributed by atoms with van der Waals surface area (Å²) in [5, 5.41) is 7.94. The Kier molecular flexibility index (Phi) is 5.13. The minimum absolute atomic E-state index is 0.00476. The maximum absolute atomic E-state index is 13.2. The number of aromatic nitrogens is 4. The molecule has 0 saturated carbocycles. The molecule has 164 valence electrons. The zero-order chi connectivity index (χ0) is 22.4. The molecule has 5 rings (SSSR count). The number of carbonyl (C=O) groups excluding carboxylic acids is 2. The first kappa shape index (κ1) is 20.6. The van der Waals surface area contributed by atoms with Gasteiger partial charge in [-0.1, -0.05) is 6.92 Å². The second kappa shape index (κ2) is 7.98. The lowest BCUT2D eigenvalue weighted by atomic mass is 9.87. The number of nitrogens with zero attached hydrogens (tertiary/aromatic N) is 4. The summed E-state index contributed by atoms with van der Waals surface area (Å²) in [4.78, 5) is 36.0. The molecule has 0 radical (unpaired) electrons. The van der Waals surface area contributed by atoms with Gasteiger partial charge in [0, 0.05) is 16.3 Å². The molecular formula is C23H23N5O3S. The van der Waals surface area contributed by atoms with Crippen molar-refractivity contribution in [2.45, 2.75) is 46.5 Å². The molecule has 1 amide bonds. The smallest absolute Gasteiger partial charge is 0.252 e. The predicted octanol–water partition coefficient (Wildman–Crippen LogP) is 3.93. The predicted molar refractivity (Wildman–Crippen MR) is 120 cm³/mol. The summed E-state index contributed by atoms with van der Waals surface area (Å²) >= 11 is 1.49. The largest absolute Gasteiger partial charge is 0.461 e. The topological polar surface area (TPSA) is 102 Å². The number of hydrogen-bond acceptors (Lipinski definition) is 7. The lowest BCUT2D eigenvalue weighted by Crippen LogP contribution is -2.17. The fraction of sp³-hybridized carbons (Fsp3) is 0.348. The Morgan fingerprint density at radius 1 is 1.31 bits per heavy atom. The van der Waals surface area contributed by atoms with Crippen molar-refractivity contribution in [2.75, 3.05) is 5.32 Å². The van der Waals surface area contributed by atoms with Crippen LogP contribution in [0.3, 0.4) is 0 Å². The van der Waals surface area contributed by atoms with Crippen LogP contribution in [-0.4, -0.2) is 31.3 Å². The van der Waals surface area contributed by atoms with E-state index in [-0.39, 0.29) is 23.9 Å². The van der Waals surface area contributed by atoms with Gasteiger partial charge in [0.2, 0.25) is 11.7 Å². The van der Waals surface area contributed by atoms with Gasteiger partial charge in [-0.25, -0.2) is 9.50 Å². The second-order valence-corrected chi connectivity index (χ2v) is 9.47. The monoisotopic (exact) mass is 449 g/mol. The van der Waals surface area contributed by atoms with E-state index in [2.05, 4.69) is 27.3 Å². The summed E-state index contributed by atoms with van der Waals surface area (Å²) in [5.41, 5.74) is 3.33. The average Bonchev–Trinajstić information content (AvgIpc) is 3.45. The van der Waals surface area contributed by atoms with Crippen LogP contribution in [0.4, 0.5) is 5.00 Å². The Morgan fingerprint density at radius 2 is 2.16 bits per heavy atom. The lowest BCUT2D eigenvalue weighted by Gasteiger charge is -2.18. The molecule has 4 heterocycles. The summed E-state index contributed by atoms with van der Waals surface area (Å²) in [6.07, 6.45) is 4.23. The third kappa shape index (κ3) is 3.73. The van der Waals surface area contributed by atoms with Crippen molar-refractivity contribution in [1.29, 1.82) is 0 Å².